The van der Waals surface area contributed by atoms with Crippen molar-refractivity contribution in [1.82, 2.24) is 0 Å². The highest BCUT2D eigenvalue weighted by atomic mass is 16.6. The summed E-state index contributed by atoms with van der Waals surface area (Å²) in [6, 6.07) is 0. The third kappa shape index (κ3) is 56.9. The molecule has 0 saturated carbocycles. The van der Waals surface area contributed by atoms with Crippen LogP contribution in [0.2, 0.25) is 0 Å². The monoisotopic (exact) mass is 973 g/mol. The molecule has 0 aromatic heterocycles. The van der Waals surface area contributed by atoms with Gasteiger partial charge in [0.1, 0.15) is 13.2 Å². The summed E-state index contributed by atoms with van der Waals surface area (Å²) in [7, 11) is 0. The molecule has 0 N–H and O–H groups in total. The van der Waals surface area contributed by atoms with Crippen molar-refractivity contribution in [3.63, 3.8) is 0 Å². The minimum atomic E-state index is -0.765. The molecule has 0 aliphatic heterocycles. The van der Waals surface area contributed by atoms with Gasteiger partial charge >= 0.3 is 17.9 Å². The van der Waals surface area contributed by atoms with Crippen LogP contribution in [0, 0.1) is 0 Å². The number of esters is 3. The van der Waals surface area contributed by atoms with Crippen LogP contribution in [0.3, 0.4) is 0 Å². The first-order valence-electron chi connectivity index (χ1n) is 31.2. The maximum atomic E-state index is 12.9. The smallest absolute Gasteiger partial charge is 0.306 e. The van der Waals surface area contributed by atoms with Gasteiger partial charge in [-0.05, 0) is 44.9 Å². The Morgan fingerprint density at radius 1 is 0.275 bits per heavy atom. The standard InChI is InChI=1S/C63H120O6/c1-4-7-10-13-16-19-22-25-28-30-32-34-35-38-41-44-47-50-53-56-62(65)68-59-60(58-67-61(64)55-52-49-46-43-40-37-27-24-21-18-15-12-9-6-3)69-63(66)57-54-51-48-45-42-39-36-33-31-29-26-23-20-17-14-11-8-5-2/h25,28,60H,4-24,26-27,29-59H2,1-3H3/b28-25+/t60-/m1/s1. The van der Waals surface area contributed by atoms with Crippen LogP contribution >= 0.6 is 0 Å². The first-order chi connectivity index (χ1) is 34.0. The lowest BCUT2D eigenvalue weighted by Crippen LogP contribution is -2.30. The zero-order chi connectivity index (χ0) is 50.0. The summed E-state index contributed by atoms with van der Waals surface area (Å²) in [6.07, 6.45) is 67.8. The Balaban J connectivity index is 4.29. The van der Waals surface area contributed by atoms with Crippen LogP contribution in [0.1, 0.15) is 355 Å². The van der Waals surface area contributed by atoms with Gasteiger partial charge in [-0.3, -0.25) is 14.4 Å². The van der Waals surface area contributed by atoms with Crippen molar-refractivity contribution < 1.29 is 28.6 Å². The van der Waals surface area contributed by atoms with E-state index in [1.165, 1.54) is 257 Å². The summed E-state index contributed by atoms with van der Waals surface area (Å²) in [5.74, 6) is -0.837. The number of ether oxygens (including phenoxy) is 3. The molecule has 0 saturated heterocycles. The number of carbonyl (C=O) groups excluding carboxylic acids is 3. The van der Waals surface area contributed by atoms with Crippen LogP contribution in [0.15, 0.2) is 12.2 Å². The minimum Gasteiger partial charge on any atom is -0.462 e. The molecule has 0 heterocycles. The highest BCUT2D eigenvalue weighted by molar-refractivity contribution is 5.71. The Kier molecular flexibility index (Phi) is 57.1. The van der Waals surface area contributed by atoms with Gasteiger partial charge in [-0.15, -0.1) is 0 Å². The molecule has 0 unspecified atom stereocenters. The summed E-state index contributed by atoms with van der Waals surface area (Å²) in [6.45, 7) is 6.71. The van der Waals surface area contributed by atoms with Gasteiger partial charge in [-0.1, -0.05) is 303 Å². The van der Waals surface area contributed by atoms with E-state index in [2.05, 4.69) is 32.9 Å². The van der Waals surface area contributed by atoms with Gasteiger partial charge in [0.2, 0.25) is 0 Å². The predicted molar refractivity (Wildman–Crippen MR) is 298 cm³/mol. The molecule has 0 amide bonds. The highest BCUT2D eigenvalue weighted by Gasteiger charge is 2.19. The lowest BCUT2D eigenvalue weighted by atomic mass is 10.0. The molecular weight excluding hydrogens is 853 g/mol. The SMILES string of the molecule is CCCCCCCC/C=C/CCCCCCCCCCCC(=O)OC[C@@H](COC(=O)CCCCCCCCCCCCCCCC)OC(=O)CCCCCCCCCCCCCCCCCCCC. The van der Waals surface area contributed by atoms with Crippen molar-refractivity contribution in [2.75, 3.05) is 13.2 Å². The van der Waals surface area contributed by atoms with Crippen LogP contribution in [-0.4, -0.2) is 37.2 Å². The van der Waals surface area contributed by atoms with E-state index in [9.17, 15) is 14.4 Å². The Hall–Kier alpha value is -1.85. The van der Waals surface area contributed by atoms with Gasteiger partial charge in [-0.25, -0.2) is 0 Å². The number of hydrogen-bond acceptors (Lipinski definition) is 6. The van der Waals surface area contributed by atoms with Crippen molar-refractivity contribution >= 4 is 17.9 Å². The molecule has 0 spiro atoms. The van der Waals surface area contributed by atoms with Crippen LogP contribution in [-0.2, 0) is 28.6 Å². The van der Waals surface area contributed by atoms with Crippen molar-refractivity contribution in [2.24, 2.45) is 0 Å². The van der Waals surface area contributed by atoms with Gasteiger partial charge in [0.25, 0.3) is 0 Å². The quantitative estimate of drug-likeness (QED) is 0.0261. The van der Waals surface area contributed by atoms with Crippen LogP contribution in [0.4, 0.5) is 0 Å². The second-order valence-corrected chi connectivity index (χ2v) is 21.3. The van der Waals surface area contributed by atoms with E-state index >= 15 is 0 Å². The van der Waals surface area contributed by atoms with Gasteiger partial charge in [0, 0.05) is 19.3 Å². The molecule has 0 bridgehead atoms. The molecule has 69 heavy (non-hydrogen) atoms. The fraction of sp³-hybridized carbons (Fsp3) is 0.921. The number of carbonyl (C=O) groups is 3. The third-order valence-corrected chi connectivity index (χ3v) is 14.3. The fourth-order valence-corrected chi connectivity index (χ4v) is 9.56. The van der Waals surface area contributed by atoms with Gasteiger partial charge < -0.3 is 14.2 Å². The van der Waals surface area contributed by atoms with Crippen molar-refractivity contribution in [1.29, 1.82) is 0 Å². The zero-order valence-corrected chi connectivity index (χ0v) is 46.9. The van der Waals surface area contributed by atoms with E-state index in [1.807, 2.05) is 0 Å². The second kappa shape index (κ2) is 58.7. The number of allylic oxidation sites excluding steroid dienone is 2. The van der Waals surface area contributed by atoms with Gasteiger partial charge in [0.05, 0.1) is 0 Å². The highest BCUT2D eigenvalue weighted by Crippen LogP contribution is 2.18. The normalized spacial score (nSPS) is 12.0. The fourth-order valence-electron chi connectivity index (χ4n) is 9.56. The summed E-state index contributed by atoms with van der Waals surface area (Å²) in [4.78, 5) is 38.2. The van der Waals surface area contributed by atoms with Crippen LogP contribution < -0.4 is 0 Å². The average molecular weight is 974 g/mol. The minimum absolute atomic E-state index is 0.0640. The van der Waals surface area contributed by atoms with Crippen molar-refractivity contribution in [3.05, 3.63) is 12.2 Å². The van der Waals surface area contributed by atoms with Crippen LogP contribution in [0.5, 0.6) is 0 Å². The Bertz CT molecular complexity index is 1070. The first kappa shape index (κ1) is 67.1. The number of hydrogen-bond donors (Lipinski definition) is 0. The van der Waals surface area contributed by atoms with E-state index in [0.717, 1.165) is 57.8 Å². The zero-order valence-electron chi connectivity index (χ0n) is 46.9. The Morgan fingerprint density at radius 3 is 0.725 bits per heavy atom. The lowest BCUT2D eigenvalue weighted by molar-refractivity contribution is -0.167. The number of unbranched alkanes of at least 4 members (excludes halogenated alkanes) is 45. The summed E-state index contributed by atoms with van der Waals surface area (Å²) < 4.78 is 16.9. The maximum absolute atomic E-state index is 12.9. The summed E-state index contributed by atoms with van der Waals surface area (Å²) >= 11 is 0. The molecule has 6 heteroatoms. The summed E-state index contributed by atoms with van der Waals surface area (Å²) in [5.41, 5.74) is 0. The molecule has 0 aromatic rings. The van der Waals surface area contributed by atoms with E-state index in [1.54, 1.807) is 0 Å². The maximum Gasteiger partial charge on any atom is 0.306 e. The average Bonchev–Trinajstić information content (AvgIpc) is 3.35. The molecule has 1 atom stereocenters. The van der Waals surface area contributed by atoms with Gasteiger partial charge in [-0.2, -0.15) is 0 Å². The molecule has 6 nitrogen and oxygen atoms in total. The molecule has 0 fully saturated rings. The molecule has 0 radical (unpaired) electrons. The largest absolute Gasteiger partial charge is 0.462 e. The number of rotatable bonds is 58. The molecule has 0 rings (SSSR count). The molecular formula is C63H120O6. The topological polar surface area (TPSA) is 78.9 Å². The Morgan fingerprint density at radius 2 is 0.478 bits per heavy atom. The van der Waals surface area contributed by atoms with E-state index in [-0.39, 0.29) is 31.1 Å². The lowest BCUT2D eigenvalue weighted by Gasteiger charge is -2.18. The van der Waals surface area contributed by atoms with Crippen molar-refractivity contribution in [2.45, 2.75) is 361 Å². The van der Waals surface area contributed by atoms with Gasteiger partial charge in [0.15, 0.2) is 6.10 Å². The van der Waals surface area contributed by atoms with Crippen molar-refractivity contribution in [3.8, 4) is 0 Å². The first-order valence-corrected chi connectivity index (χ1v) is 31.2. The second-order valence-electron chi connectivity index (χ2n) is 21.3. The van der Waals surface area contributed by atoms with Crippen LogP contribution in [0.25, 0.3) is 0 Å². The van der Waals surface area contributed by atoms with E-state index in [4.69, 9.17) is 14.2 Å². The molecule has 0 aliphatic carbocycles. The third-order valence-electron chi connectivity index (χ3n) is 14.3. The Labute approximate surface area is 431 Å². The molecule has 0 aromatic carbocycles. The molecule has 408 valence electrons. The predicted octanol–water partition coefficient (Wildman–Crippen LogP) is 20.9. The molecule has 0 aliphatic rings. The van der Waals surface area contributed by atoms with E-state index in [0.29, 0.717) is 19.3 Å². The van der Waals surface area contributed by atoms with E-state index < -0.39 is 6.10 Å². The summed E-state index contributed by atoms with van der Waals surface area (Å²) in [5, 5.41) is 0.